The van der Waals surface area contributed by atoms with Crippen LogP contribution in [0.15, 0.2) is 72.9 Å². The maximum Gasteiger partial charge on any atom is 0.469 e. The van der Waals surface area contributed by atoms with Gasteiger partial charge in [-0.05, 0) is 83.5 Å². The molecule has 0 radical (unpaired) electrons. The number of rotatable bonds is 36. The van der Waals surface area contributed by atoms with Crippen molar-refractivity contribution in [3.8, 4) is 0 Å². The van der Waals surface area contributed by atoms with Gasteiger partial charge in [-0.25, -0.2) is 4.57 Å². The van der Waals surface area contributed by atoms with Crippen molar-refractivity contribution in [3.63, 3.8) is 0 Å². The first-order chi connectivity index (χ1) is 25.3. The Morgan fingerprint density at radius 3 is 1.42 bits per heavy atom. The zero-order valence-electron chi connectivity index (χ0n) is 32.7. The summed E-state index contributed by atoms with van der Waals surface area (Å²) in [6.07, 6.45) is 49.0. The van der Waals surface area contributed by atoms with Crippen LogP contribution in [0.2, 0.25) is 0 Å². The van der Waals surface area contributed by atoms with Gasteiger partial charge in [-0.1, -0.05) is 145 Å². The summed E-state index contributed by atoms with van der Waals surface area (Å²) in [5, 5.41) is 0. The molecule has 0 spiro atoms. The fourth-order valence-corrected chi connectivity index (χ4v) is 5.58. The zero-order chi connectivity index (χ0) is 38.2. The van der Waals surface area contributed by atoms with Crippen molar-refractivity contribution in [2.24, 2.45) is 0 Å². The smallest absolute Gasteiger partial charge is 0.462 e. The molecule has 8 nitrogen and oxygen atoms in total. The Labute approximate surface area is 317 Å². The average molecular weight is 749 g/mol. The van der Waals surface area contributed by atoms with Gasteiger partial charge < -0.3 is 19.3 Å². The molecule has 52 heavy (non-hydrogen) atoms. The van der Waals surface area contributed by atoms with Gasteiger partial charge in [-0.3, -0.25) is 14.1 Å². The average Bonchev–Trinajstić information content (AvgIpc) is 3.11. The lowest BCUT2D eigenvalue weighted by Crippen LogP contribution is -2.29. The van der Waals surface area contributed by atoms with E-state index >= 15 is 0 Å². The third-order valence-electron chi connectivity index (χ3n) is 8.21. The van der Waals surface area contributed by atoms with Gasteiger partial charge in [0.25, 0.3) is 0 Å². The van der Waals surface area contributed by atoms with E-state index in [4.69, 9.17) is 19.3 Å². The van der Waals surface area contributed by atoms with Crippen LogP contribution in [0.1, 0.15) is 168 Å². The molecule has 9 heteroatoms. The molecule has 0 aromatic rings. The molecule has 0 aliphatic heterocycles. The van der Waals surface area contributed by atoms with Crippen LogP contribution in [-0.4, -0.2) is 41.0 Å². The monoisotopic (exact) mass is 749 g/mol. The summed E-state index contributed by atoms with van der Waals surface area (Å²) in [7, 11) is -4.77. The minimum Gasteiger partial charge on any atom is -0.462 e. The molecule has 0 fully saturated rings. The van der Waals surface area contributed by atoms with Gasteiger partial charge in [0.1, 0.15) is 6.61 Å². The quantitative estimate of drug-likeness (QED) is 0.0281. The maximum absolute atomic E-state index is 12.4. The van der Waals surface area contributed by atoms with Gasteiger partial charge in [0.15, 0.2) is 6.10 Å². The summed E-state index contributed by atoms with van der Waals surface area (Å²) >= 11 is 0. The molecule has 2 N–H and O–H groups in total. The Bertz CT molecular complexity index is 1070. The van der Waals surface area contributed by atoms with Crippen molar-refractivity contribution in [2.45, 2.75) is 174 Å². The lowest BCUT2D eigenvalue weighted by molar-refractivity contribution is -0.161. The first-order valence-corrected chi connectivity index (χ1v) is 21.8. The predicted octanol–water partition coefficient (Wildman–Crippen LogP) is 12.3. The highest BCUT2D eigenvalue weighted by Gasteiger charge is 2.22. The normalized spacial score (nSPS) is 13.2. The summed E-state index contributed by atoms with van der Waals surface area (Å²) in [5.41, 5.74) is 0. The lowest BCUT2D eigenvalue weighted by Gasteiger charge is -2.18. The number of allylic oxidation sites excluding steroid dienone is 12. The van der Waals surface area contributed by atoms with Crippen molar-refractivity contribution in [1.29, 1.82) is 0 Å². The van der Waals surface area contributed by atoms with Gasteiger partial charge in [0.05, 0.1) is 6.61 Å². The molecule has 0 rings (SSSR count). The molecule has 0 unspecified atom stereocenters. The van der Waals surface area contributed by atoms with Crippen molar-refractivity contribution in [3.05, 3.63) is 72.9 Å². The molecule has 0 heterocycles. The Balaban J connectivity index is 4.03. The van der Waals surface area contributed by atoms with Crippen molar-refractivity contribution >= 4 is 19.8 Å². The first kappa shape index (κ1) is 49.5. The highest BCUT2D eigenvalue weighted by Crippen LogP contribution is 2.36. The number of carbonyl (C=O) groups excluding carboxylic acids is 2. The number of hydrogen-bond acceptors (Lipinski definition) is 6. The van der Waals surface area contributed by atoms with Crippen LogP contribution in [0.5, 0.6) is 0 Å². The van der Waals surface area contributed by atoms with E-state index < -0.39 is 32.5 Å². The van der Waals surface area contributed by atoms with Gasteiger partial charge in [0, 0.05) is 12.8 Å². The molecule has 0 bridgehead atoms. The van der Waals surface area contributed by atoms with Gasteiger partial charge in [0.2, 0.25) is 0 Å². The van der Waals surface area contributed by atoms with Crippen molar-refractivity contribution in [1.82, 2.24) is 0 Å². The second kappa shape index (κ2) is 38.2. The molecule has 0 aromatic carbocycles. The van der Waals surface area contributed by atoms with Crippen molar-refractivity contribution < 1.29 is 37.9 Å². The molecule has 0 saturated carbocycles. The number of unbranched alkanes of at least 4 members (excludes halogenated alkanes) is 14. The van der Waals surface area contributed by atoms with Crippen LogP contribution in [0.3, 0.4) is 0 Å². The molecule has 298 valence electrons. The molecule has 0 aliphatic carbocycles. The molecular weight excluding hydrogens is 675 g/mol. The number of hydrogen-bond donors (Lipinski definition) is 2. The van der Waals surface area contributed by atoms with Crippen LogP contribution in [0, 0.1) is 0 Å². The van der Waals surface area contributed by atoms with E-state index in [1.54, 1.807) is 0 Å². The lowest BCUT2D eigenvalue weighted by atomic mass is 10.1. The molecule has 0 aromatic heterocycles. The Morgan fingerprint density at radius 2 is 0.923 bits per heavy atom. The Hall–Kier alpha value is -2.51. The summed E-state index contributed by atoms with van der Waals surface area (Å²) < 4.78 is 26.3. The van der Waals surface area contributed by atoms with Crippen LogP contribution < -0.4 is 0 Å². The fraction of sp³-hybridized carbons (Fsp3) is 0.674. The molecule has 0 saturated heterocycles. The standard InChI is InChI=1S/C43H73O8P/c1-3-5-7-9-11-13-15-17-19-20-21-22-24-26-28-30-32-34-36-38-43(45)51-41(40-50-52(46,47)48)39-49-42(44)37-35-33-31-29-27-25-23-18-16-14-12-10-8-6-4-2/h5,7,11,13-14,16-17,19,21-22,26,28,41H,3-4,6,8-10,12,15,18,20,23-25,27,29-40H2,1-2H3,(H2,46,47,48)/b7-5+,13-11+,16-14+,19-17+,22-21+,28-26+/t41-/m1/s1. The fourth-order valence-electron chi connectivity index (χ4n) is 5.22. The summed E-state index contributed by atoms with van der Waals surface area (Å²) in [6, 6.07) is 0. The van der Waals surface area contributed by atoms with E-state index in [-0.39, 0.29) is 19.4 Å². The predicted molar refractivity (Wildman–Crippen MR) is 216 cm³/mol. The maximum atomic E-state index is 12.4. The molecule has 0 aliphatic rings. The Morgan fingerprint density at radius 1 is 0.519 bits per heavy atom. The minimum absolute atomic E-state index is 0.169. The number of carbonyl (C=O) groups is 2. The van der Waals surface area contributed by atoms with Crippen LogP contribution in [0.4, 0.5) is 0 Å². The third kappa shape index (κ3) is 40.3. The largest absolute Gasteiger partial charge is 0.469 e. The minimum atomic E-state index is -4.77. The second-order valence-corrected chi connectivity index (χ2v) is 14.5. The number of esters is 2. The highest BCUT2D eigenvalue weighted by atomic mass is 31.2. The van der Waals surface area contributed by atoms with E-state index in [1.807, 2.05) is 0 Å². The van der Waals surface area contributed by atoms with E-state index in [0.717, 1.165) is 77.0 Å². The number of ether oxygens (including phenoxy) is 2. The summed E-state index contributed by atoms with van der Waals surface area (Å²) in [5.74, 6) is -0.933. The number of phosphoric acid groups is 1. The van der Waals surface area contributed by atoms with E-state index in [1.165, 1.54) is 51.4 Å². The first-order valence-electron chi connectivity index (χ1n) is 20.2. The third-order valence-corrected chi connectivity index (χ3v) is 8.69. The number of phosphoric ester groups is 1. The van der Waals surface area contributed by atoms with Gasteiger partial charge in [-0.2, -0.15) is 0 Å². The van der Waals surface area contributed by atoms with Gasteiger partial charge >= 0.3 is 19.8 Å². The topological polar surface area (TPSA) is 119 Å². The summed E-state index contributed by atoms with van der Waals surface area (Å²) in [4.78, 5) is 42.8. The van der Waals surface area contributed by atoms with Crippen molar-refractivity contribution in [2.75, 3.05) is 13.2 Å². The molecule has 0 amide bonds. The highest BCUT2D eigenvalue weighted by molar-refractivity contribution is 7.46. The van der Waals surface area contributed by atoms with E-state index in [2.05, 4.69) is 91.3 Å². The zero-order valence-corrected chi connectivity index (χ0v) is 33.6. The molecular formula is C43H73O8P. The van der Waals surface area contributed by atoms with E-state index in [9.17, 15) is 14.2 Å². The second-order valence-electron chi connectivity index (χ2n) is 13.2. The Kier molecular flexibility index (Phi) is 36.4. The summed E-state index contributed by atoms with van der Waals surface area (Å²) in [6.45, 7) is 3.52. The van der Waals surface area contributed by atoms with Crippen LogP contribution in [-0.2, 0) is 28.2 Å². The van der Waals surface area contributed by atoms with Gasteiger partial charge in [-0.15, -0.1) is 0 Å². The SMILES string of the molecule is CC/C=C/C/C=C/C/C=C/C/C=C/C/C=C/CCCCCC(=O)O[C@H](COC(=O)CCCCCCCCC/C=C/CCCCCC)COP(=O)(O)O. The van der Waals surface area contributed by atoms with E-state index in [0.29, 0.717) is 12.8 Å². The van der Waals surface area contributed by atoms with Crippen LogP contribution >= 0.6 is 7.82 Å². The molecule has 1 atom stereocenters. The van der Waals surface area contributed by atoms with Crippen LogP contribution in [0.25, 0.3) is 0 Å².